The Hall–Kier alpha value is -2.13. The van der Waals surface area contributed by atoms with Crippen molar-refractivity contribution in [3.63, 3.8) is 0 Å². The smallest absolute Gasteiger partial charge is 0.303 e. The van der Waals surface area contributed by atoms with Gasteiger partial charge in [0.25, 0.3) is 0 Å². The maximum atomic E-state index is 12.1. The molecule has 0 aliphatic heterocycles. The van der Waals surface area contributed by atoms with E-state index in [2.05, 4.69) is 5.32 Å². The van der Waals surface area contributed by atoms with Gasteiger partial charge in [0, 0.05) is 20.5 Å². The van der Waals surface area contributed by atoms with E-state index < -0.39 is 27.3 Å². The van der Waals surface area contributed by atoms with E-state index in [1.54, 1.807) is 13.8 Å². The zero-order valence-electron chi connectivity index (χ0n) is 14.0. The van der Waals surface area contributed by atoms with Gasteiger partial charge in [-0.3, -0.25) is 9.59 Å². The summed E-state index contributed by atoms with van der Waals surface area (Å²) in [6.07, 6.45) is -0.287. The van der Waals surface area contributed by atoms with Crippen LogP contribution in [0.4, 0.5) is 5.69 Å². The summed E-state index contributed by atoms with van der Waals surface area (Å²) < 4.78 is 25.2. The Labute approximate surface area is 141 Å². The molecule has 0 unspecified atom stereocenters. The lowest BCUT2D eigenvalue weighted by Crippen LogP contribution is -2.25. The molecule has 1 rings (SSSR count). The van der Waals surface area contributed by atoms with Crippen molar-refractivity contribution in [2.75, 3.05) is 19.4 Å². The number of carboxylic acid groups (broad SMARTS) is 1. The number of nitrogens with one attached hydrogen (secondary N) is 1. The highest BCUT2D eigenvalue weighted by atomic mass is 32.2. The van der Waals surface area contributed by atoms with Gasteiger partial charge in [-0.25, -0.2) is 12.7 Å². The lowest BCUT2D eigenvalue weighted by molar-refractivity contribution is -0.139. The molecule has 0 aliphatic carbocycles. The van der Waals surface area contributed by atoms with Crippen LogP contribution in [0.1, 0.15) is 26.7 Å². The third-order valence-electron chi connectivity index (χ3n) is 3.29. The molecule has 0 aliphatic rings. The molecule has 0 saturated carbocycles. The topological polar surface area (TPSA) is 124 Å². The number of phenols is 1. The van der Waals surface area contributed by atoms with Gasteiger partial charge in [0.2, 0.25) is 15.9 Å². The van der Waals surface area contributed by atoms with Crippen LogP contribution in [0, 0.1) is 5.41 Å². The Kier molecular flexibility index (Phi) is 5.96. The standard InChI is InChI=1S/C15H22N2O6S/c1-15(2,9-14(20)21)8-13(19)16-11-7-10(5-6-12(11)18)24(22,23)17(3)4/h5-7,18H,8-9H2,1-4H3,(H,16,19)(H,20,21). The Bertz CT molecular complexity index is 740. The van der Waals surface area contributed by atoms with Crippen LogP contribution in [0.3, 0.4) is 0 Å². The quantitative estimate of drug-likeness (QED) is 0.634. The Morgan fingerprint density at radius 1 is 1.21 bits per heavy atom. The summed E-state index contributed by atoms with van der Waals surface area (Å²) in [6.45, 7) is 3.26. The summed E-state index contributed by atoms with van der Waals surface area (Å²) >= 11 is 0. The maximum Gasteiger partial charge on any atom is 0.303 e. The summed E-state index contributed by atoms with van der Waals surface area (Å²) in [5.41, 5.74) is -0.826. The number of aliphatic carboxylic acids is 1. The van der Waals surface area contributed by atoms with Gasteiger partial charge in [0.15, 0.2) is 0 Å². The monoisotopic (exact) mass is 358 g/mol. The molecular weight excluding hydrogens is 336 g/mol. The molecule has 0 spiro atoms. The van der Waals surface area contributed by atoms with Gasteiger partial charge in [0.05, 0.1) is 17.0 Å². The first-order valence-electron chi connectivity index (χ1n) is 7.12. The maximum absolute atomic E-state index is 12.1. The number of nitrogens with zero attached hydrogens (tertiary/aromatic N) is 1. The van der Waals surface area contributed by atoms with Crippen LogP contribution in [0.2, 0.25) is 0 Å². The van der Waals surface area contributed by atoms with Crippen LogP contribution in [0.25, 0.3) is 0 Å². The summed E-state index contributed by atoms with van der Waals surface area (Å²) in [5, 5.41) is 21.1. The number of carbonyl (C=O) groups is 2. The van der Waals surface area contributed by atoms with E-state index in [0.717, 1.165) is 10.4 Å². The molecule has 1 amide bonds. The molecule has 0 saturated heterocycles. The number of hydrogen-bond acceptors (Lipinski definition) is 5. The second kappa shape index (κ2) is 7.18. The Morgan fingerprint density at radius 2 is 1.79 bits per heavy atom. The third kappa shape index (κ3) is 5.20. The highest BCUT2D eigenvalue weighted by molar-refractivity contribution is 7.89. The minimum absolute atomic E-state index is 0.0472. The van der Waals surface area contributed by atoms with Gasteiger partial charge >= 0.3 is 5.97 Å². The van der Waals surface area contributed by atoms with Gasteiger partial charge in [-0.05, 0) is 23.6 Å². The van der Waals surface area contributed by atoms with Crippen molar-refractivity contribution in [3.05, 3.63) is 18.2 Å². The second-order valence-electron chi connectivity index (χ2n) is 6.43. The number of carbonyl (C=O) groups excluding carboxylic acids is 1. The Morgan fingerprint density at radius 3 is 2.29 bits per heavy atom. The van der Waals surface area contributed by atoms with Crippen LogP contribution in [0.5, 0.6) is 5.75 Å². The van der Waals surface area contributed by atoms with Gasteiger partial charge in [-0.1, -0.05) is 13.8 Å². The summed E-state index contributed by atoms with van der Waals surface area (Å²) in [5.74, 6) is -1.82. The molecule has 8 nitrogen and oxygen atoms in total. The number of aromatic hydroxyl groups is 1. The molecule has 1 aromatic rings. The van der Waals surface area contributed by atoms with Crippen molar-refractivity contribution in [2.45, 2.75) is 31.6 Å². The molecule has 3 N–H and O–H groups in total. The van der Waals surface area contributed by atoms with Gasteiger partial charge in [-0.15, -0.1) is 0 Å². The SMILES string of the molecule is CN(C)S(=O)(=O)c1ccc(O)c(NC(=O)CC(C)(C)CC(=O)O)c1. The van der Waals surface area contributed by atoms with Crippen molar-refractivity contribution in [1.29, 1.82) is 0 Å². The molecule has 1 aromatic carbocycles. The molecule has 0 fully saturated rings. The number of sulfonamides is 1. The van der Waals surface area contributed by atoms with E-state index in [9.17, 15) is 23.1 Å². The van der Waals surface area contributed by atoms with Crippen molar-refractivity contribution < 1.29 is 28.2 Å². The highest BCUT2D eigenvalue weighted by Gasteiger charge is 2.26. The predicted octanol–water partition coefficient (Wildman–Crippen LogP) is 1.47. The normalized spacial score (nSPS) is 12.2. The van der Waals surface area contributed by atoms with Crippen molar-refractivity contribution >= 4 is 27.6 Å². The lowest BCUT2D eigenvalue weighted by atomic mass is 9.85. The predicted molar refractivity (Wildman–Crippen MR) is 88.3 cm³/mol. The second-order valence-corrected chi connectivity index (χ2v) is 8.58. The number of anilines is 1. The summed E-state index contributed by atoms with van der Waals surface area (Å²) in [4.78, 5) is 22.8. The molecule has 0 bridgehead atoms. The van der Waals surface area contributed by atoms with Crippen molar-refractivity contribution in [1.82, 2.24) is 4.31 Å². The minimum Gasteiger partial charge on any atom is -0.506 e. The fourth-order valence-electron chi connectivity index (χ4n) is 2.09. The number of rotatable bonds is 7. The number of amides is 1. The fourth-order valence-corrected chi connectivity index (χ4v) is 3.02. The zero-order chi connectivity index (χ0) is 18.7. The molecular formula is C15H22N2O6S. The minimum atomic E-state index is -3.71. The first-order chi connectivity index (χ1) is 10.8. The lowest BCUT2D eigenvalue weighted by Gasteiger charge is -2.21. The largest absolute Gasteiger partial charge is 0.506 e. The Balaban J connectivity index is 2.99. The first kappa shape index (κ1) is 19.9. The zero-order valence-corrected chi connectivity index (χ0v) is 14.8. The van der Waals surface area contributed by atoms with Crippen LogP contribution in [0.15, 0.2) is 23.1 Å². The fraction of sp³-hybridized carbons (Fsp3) is 0.467. The number of carboxylic acids is 1. The van der Waals surface area contributed by atoms with E-state index in [0.29, 0.717) is 0 Å². The molecule has 0 aromatic heterocycles. The van der Waals surface area contributed by atoms with Crippen LogP contribution >= 0.6 is 0 Å². The summed E-state index contributed by atoms with van der Waals surface area (Å²) in [7, 11) is -0.970. The van der Waals surface area contributed by atoms with E-state index >= 15 is 0 Å². The van der Waals surface area contributed by atoms with Crippen LogP contribution < -0.4 is 5.32 Å². The third-order valence-corrected chi connectivity index (χ3v) is 5.10. The van der Waals surface area contributed by atoms with Crippen LogP contribution in [-0.2, 0) is 19.6 Å². The van der Waals surface area contributed by atoms with Gasteiger partial charge in [-0.2, -0.15) is 0 Å². The molecule has 9 heteroatoms. The molecule has 134 valence electrons. The number of hydrogen-bond donors (Lipinski definition) is 3. The number of benzene rings is 1. The van der Waals surface area contributed by atoms with Crippen molar-refractivity contribution in [3.8, 4) is 5.75 Å². The van der Waals surface area contributed by atoms with Gasteiger partial charge < -0.3 is 15.5 Å². The van der Waals surface area contributed by atoms with Gasteiger partial charge in [0.1, 0.15) is 5.75 Å². The number of phenolic OH excluding ortho intramolecular Hbond substituents is 1. The highest BCUT2D eigenvalue weighted by Crippen LogP contribution is 2.30. The van der Waals surface area contributed by atoms with E-state index in [-0.39, 0.29) is 29.2 Å². The average molecular weight is 358 g/mol. The molecule has 0 heterocycles. The molecule has 0 radical (unpaired) electrons. The van der Waals surface area contributed by atoms with Crippen LogP contribution in [-0.4, -0.2) is 48.9 Å². The molecule has 0 atom stereocenters. The average Bonchev–Trinajstić information content (AvgIpc) is 2.38. The van der Waals surface area contributed by atoms with E-state index in [4.69, 9.17) is 5.11 Å². The molecule has 24 heavy (non-hydrogen) atoms. The summed E-state index contributed by atoms with van der Waals surface area (Å²) in [6, 6.07) is 3.57. The van der Waals surface area contributed by atoms with E-state index in [1.807, 2.05) is 0 Å². The first-order valence-corrected chi connectivity index (χ1v) is 8.56. The van der Waals surface area contributed by atoms with E-state index in [1.165, 1.54) is 26.2 Å². The van der Waals surface area contributed by atoms with Crippen molar-refractivity contribution in [2.24, 2.45) is 5.41 Å².